The Labute approximate surface area is 155 Å². The van der Waals surface area contributed by atoms with E-state index >= 15 is 0 Å². The molecule has 3 rings (SSSR count). The number of hydrogen-bond acceptors (Lipinski definition) is 3. The Balaban J connectivity index is 1.93. The quantitative estimate of drug-likeness (QED) is 0.898. The SMILES string of the molecule is CC(C)(C)NS(=O)(=O)c1cccc(C(=O)N2CCCc3ccccc32)c1. The van der Waals surface area contributed by atoms with Gasteiger partial charge in [-0.15, -0.1) is 0 Å². The van der Waals surface area contributed by atoms with Gasteiger partial charge in [0.15, 0.2) is 0 Å². The second-order valence-corrected chi connectivity index (χ2v) is 9.25. The van der Waals surface area contributed by atoms with Gasteiger partial charge >= 0.3 is 0 Å². The van der Waals surface area contributed by atoms with Gasteiger partial charge in [-0.1, -0.05) is 24.3 Å². The first-order valence-electron chi connectivity index (χ1n) is 8.71. The Morgan fingerprint density at radius 1 is 1.08 bits per heavy atom. The van der Waals surface area contributed by atoms with Crippen LogP contribution in [0.5, 0.6) is 0 Å². The molecule has 26 heavy (non-hydrogen) atoms. The first kappa shape index (κ1) is 18.6. The van der Waals surface area contributed by atoms with Crippen molar-refractivity contribution < 1.29 is 13.2 Å². The lowest BCUT2D eigenvalue weighted by atomic mass is 10.0. The molecule has 5 nitrogen and oxygen atoms in total. The van der Waals surface area contributed by atoms with Gasteiger partial charge in [0.05, 0.1) is 4.90 Å². The van der Waals surface area contributed by atoms with E-state index in [0.717, 1.165) is 24.1 Å². The van der Waals surface area contributed by atoms with Crippen LogP contribution in [-0.4, -0.2) is 26.4 Å². The highest BCUT2D eigenvalue weighted by Crippen LogP contribution is 2.28. The van der Waals surface area contributed by atoms with Crippen molar-refractivity contribution in [3.8, 4) is 0 Å². The monoisotopic (exact) mass is 372 g/mol. The van der Waals surface area contributed by atoms with E-state index in [4.69, 9.17) is 0 Å². The van der Waals surface area contributed by atoms with Crippen LogP contribution in [0, 0.1) is 0 Å². The molecular formula is C20H24N2O3S. The summed E-state index contributed by atoms with van der Waals surface area (Å²) in [4.78, 5) is 14.9. The van der Waals surface area contributed by atoms with Crippen LogP contribution < -0.4 is 9.62 Å². The molecule has 0 atom stereocenters. The number of aryl methyl sites for hydroxylation is 1. The fourth-order valence-electron chi connectivity index (χ4n) is 3.16. The van der Waals surface area contributed by atoms with Crippen molar-refractivity contribution in [1.29, 1.82) is 0 Å². The maximum absolute atomic E-state index is 13.0. The molecule has 0 bridgehead atoms. The molecule has 0 spiro atoms. The summed E-state index contributed by atoms with van der Waals surface area (Å²) < 4.78 is 27.7. The van der Waals surface area contributed by atoms with Crippen LogP contribution >= 0.6 is 0 Å². The molecule has 0 saturated heterocycles. The molecule has 2 aromatic rings. The number of rotatable bonds is 3. The summed E-state index contributed by atoms with van der Waals surface area (Å²) in [6.45, 7) is 5.98. The van der Waals surface area contributed by atoms with E-state index < -0.39 is 15.6 Å². The average Bonchev–Trinajstić information content (AvgIpc) is 2.59. The van der Waals surface area contributed by atoms with Crippen molar-refractivity contribution in [2.75, 3.05) is 11.4 Å². The van der Waals surface area contributed by atoms with Crippen LogP contribution in [0.25, 0.3) is 0 Å². The summed E-state index contributed by atoms with van der Waals surface area (Å²) in [5, 5.41) is 0. The molecule has 0 aliphatic carbocycles. The number of anilines is 1. The Kier molecular flexibility index (Phi) is 4.90. The molecule has 1 heterocycles. The second kappa shape index (κ2) is 6.85. The van der Waals surface area contributed by atoms with E-state index in [1.165, 1.54) is 12.1 Å². The topological polar surface area (TPSA) is 66.5 Å². The zero-order valence-electron chi connectivity index (χ0n) is 15.3. The first-order valence-corrected chi connectivity index (χ1v) is 10.2. The lowest BCUT2D eigenvalue weighted by molar-refractivity contribution is 0.0985. The van der Waals surface area contributed by atoms with E-state index in [0.29, 0.717) is 12.1 Å². The molecule has 0 saturated carbocycles. The predicted molar refractivity (Wildman–Crippen MR) is 103 cm³/mol. The van der Waals surface area contributed by atoms with Crippen LogP contribution in [0.15, 0.2) is 53.4 Å². The van der Waals surface area contributed by atoms with Gasteiger partial charge in [-0.05, 0) is 63.4 Å². The van der Waals surface area contributed by atoms with Crippen molar-refractivity contribution in [3.63, 3.8) is 0 Å². The molecule has 1 N–H and O–H groups in total. The number of carbonyl (C=O) groups is 1. The molecular weight excluding hydrogens is 348 g/mol. The number of benzene rings is 2. The van der Waals surface area contributed by atoms with Crippen molar-refractivity contribution >= 4 is 21.6 Å². The molecule has 2 aromatic carbocycles. The van der Waals surface area contributed by atoms with Gasteiger partial charge < -0.3 is 4.90 Å². The first-order chi connectivity index (χ1) is 12.2. The number of sulfonamides is 1. The summed E-state index contributed by atoms with van der Waals surface area (Å²) in [6, 6.07) is 14.1. The number of fused-ring (bicyclic) bond motifs is 1. The van der Waals surface area contributed by atoms with Gasteiger partial charge in [-0.25, -0.2) is 13.1 Å². The summed E-state index contributed by atoms with van der Waals surface area (Å²) in [5.41, 5.74) is 1.83. The number of nitrogens with one attached hydrogen (secondary N) is 1. The minimum Gasteiger partial charge on any atom is -0.308 e. The third kappa shape index (κ3) is 3.97. The average molecular weight is 372 g/mol. The third-order valence-corrected chi connectivity index (χ3v) is 5.94. The number of nitrogens with zero attached hydrogens (tertiary/aromatic N) is 1. The summed E-state index contributed by atoms with van der Waals surface area (Å²) in [7, 11) is -3.69. The third-order valence-electron chi connectivity index (χ3n) is 4.19. The van der Waals surface area contributed by atoms with Crippen LogP contribution in [0.3, 0.4) is 0 Å². The lowest BCUT2D eigenvalue weighted by Gasteiger charge is -2.29. The zero-order valence-corrected chi connectivity index (χ0v) is 16.1. The molecule has 0 unspecified atom stereocenters. The standard InChI is InChI=1S/C20H24N2O3S/c1-20(2,3)21-26(24,25)17-11-6-9-16(14-17)19(23)22-13-7-10-15-8-4-5-12-18(15)22/h4-6,8-9,11-12,14,21H,7,10,13H2,1-3H3. The Morgan fingerprint density at radius 3 is 2.54 bits per heavy atom. The number of amides is 1. The van der Waals surface area contributed by atoms with Crippen molar-refractivity contribution in [2.24, 2.45) is 0 Å². The highest BCUT2D eigenvalue weighted by molar-refractivity contribution is 7.89. The van der Waals surface area contributed by atoms with Crippen LogP contribution in [0.1, 0.15) is 43.1 Å². The molecule has 0 radical (unpaired) electrons. The molecule has 0 fully saturated rings. The molecule has 138 valence electrons. The predicted octanol–water partition coefficient (Wildman–Crippen LogP) is 3.36. The van der Waals surface area contributed by atoms with E-state index in [-0.39, 0.29) is 10.8 Å². The molecule has 1 aliphatic rings. The van der Waals surface area contributed by atoms with Gasteiger partial charge in [0.1, 0.15) is 0 Å². The number of para-hydroxylation sites is 1. The van der Waals surface area contributed by atoms with Gasteiger partial charge in [-0.3, -0.25) is 4.79 Å². The van der Waals surface area contributed by atoms with Crippen molar-refractivity contribution in [2.45, 2.75) is 44.0 Å². The molecule has 6 heteroatoms. The Bertz CT molecular complexity index is 930. The number of carbonyl (C=O) groups excluding carboxylic acids is 1. The largest absolute Gasteiger partial charge is 0.308 e. The van der Waals surface area contributed by atoms with Crippen LogP contribution in [0.2, 0.25) is 0 Å². The molecule has 0 aromatic heterocycles. The normalized spacial score (nSPS) is 14.8. The van der Waals surface area contributed by atoms with Gasteiger partial charge in [0, 0.05) is 23.3 Å². The maximum Gasteiger partial charge on any atom is 0.258 e. The fraction of sp³-hybridized carbons (Fsp3) is 0.350. The Morgan fingerprint density at radius 2 is 1.81 bits per heavy atom. The van der Waals surface area contributed by atoms with E-state index in [2.05, 4.69) is 4.72 Å². The highest BCUT2D eigenvalue weighted by Gasteiger charge is 2.26. The van der Waals surface area contributed by atoms with Gasteiger partial charge in [0.2, 0.25) is 10.0 Å². The molecule has 1 amide bonds. The molecule has 1 aliphatic heterocycles. The van der Waals surface area contributed by atoms with E-state index in [9.17, 15) is 13.2 Å². The number of hydrogen-bond donors (Lipinski definition) is 1. The van der Waals surface area contributed by atoms with Gasteiger partial charge in [0.25, 0.3) is 5.91 Å². The fourth-order valence-corrected chi connectivity index (χ4v) is 4.62. The van der Waals surface area contributed by atoms with Gasteiger partial charge in [-0.2, -0.15) is 0 Å². The smallest absolute Gasteiger partial charge is 0.258 e. The van der Waals surface area contributed by atoms with Crippen molar-refractivity contribution in [1.82, 2.24) is 4.72 Å². The maximum atomic E-state index is 13.0. The van der Waals surface area contributed by atoms with Crippen molar-refractivity contribution in [3.05, 3.63) is 59.7 Å². The Hall–Kier alpha value is -2.18. The zero-order chi connectivity index (χ0) is 18.9. The van der Waals surface area contributed by atoms with E-state index in [1.807, 2.05) is 24.3 Å². The van der Waals surface area contributed by atoms with Crippen LogP contribution in [-0.2, 0) is 16.4 Å². The highest BCUT2D eigenvalue weighted by atomic mass is 32.2. The summed E-state index contributed by atoms with van der Waals surface area (Å²) in [5.74, 6) is -0.176. The summed E-state index contributed by atoms with van der Waals surface area (Å²) in [6.07, 6.45) is 1.84. The summed E-state index contributed by atoms with van der Waals surface area (Å²) >= 11 is 0. The van der Waals surface area contributed by atoms with Crippen LogP contribution in [0.4, 0.5) is 5.69 Å². The van der Waals surface area contributed by atoms with E-state index in [1.54, 1.807) is 37.8 Å². The minimum absolute atomic E-state index is 0.101. The minimum atomic E-state index is -3.69. The second-order valence-electron chi connectivity index (χ2n) is 7.57. The lowest BCUT2D eigenvalue weighted by Crippen LogP contribution is -2.40.